The molecule has 0 aromatic heterocycles. The van der Waals surface area contributed by atoms with Gasteiger partial charge in [-0.2, -0.15) is 0 Å². The number of rotatable bonds is 18. The van der Waals surface area contributed by atoms with Crippen LogP contribution in [0.2, 0.25) is 0 Å². The van der Waals surface area contributed by atoms with Crippen molar-refractivity contribution in [3.8, 4) is 0 Å². The highest BCUT2D eigenvalue weighted by atomic mass is 16.5. The van der Waals surface area contributed by atoms with Crippen molar-refractivity contribution >= 4 is 47.4 Å². The number of likely N-dealkylation sites (N-methyl/N-ethyl adjacent to an activating group) is 1. The van der Waals surface area contributed by atoms with Gasteiger partial charge in [-0.1, -0.05) is 76.8 Å². The number of esters is 1. The second-order valence-corrected chi connectivity index (χ2v) is 15.5. The van der Waals surface area contributed by atoms with Gasteiger partial charge in [0.2, 0.25) is 29.4 Å². The van der Waals surface area contributed by atoms with Crippen LogP contribution in [0.5, 0.6) is 0 Å². The number of hydrogen-bond acceptors (Lipinski definition) is 10. The van der Waals surface area contributed by atoms with Crippen LogP contribution in [0.4, 0.5) is 4.79 Å². The van der Waals surface area contributed by atoms with Crippen LogP contribution in [0.3, 0.4) is 0 Å². The molecule has 308 valence electrons. The van der Waals surface area contributed by atoms with Gasteiger partial charge in [-0.15, -0.1) is 0 Å². The van der Waals surface area contributed by atoms with E-state index in [0.29, 0.717) is 24.8 Å². The van der Waals surface area contributed by atoms with Crippen LogP contribution in [0.15, 0.2) is 30.3 Å². The lowest BCUT2D eigenvalue weighted by Crippen LogP contribution is -2.59. The molecule has 0 spiro atoms. The average Bonchev–Trinajstić information content (AvgIpc) is 3.75. The standard InChI is InChI=1S/C40H58N6O10/c1-7-15-27(34(48)36(50)41-20-28(47)43-31(37(51)45(5)6)24-16-11-9-12-17-24)42-35(49)33-29-26(30(29)39(53)55-8-2)21-46(33)38(52)32(25-18-13-10-14-19-25)44-40(54)56-22-23(3)4/h9,11-12,16-17,23,25-27,29-33H,7-8,10,13-15,18-22H2,1-6H3,(H,41,50)(H,42,49)(H,43,47)(H,44,54)/t26?,27?,29-,30-,31?,32+,33+/m1/s1. The zero-order chi connectivity index (χ0) is 41.1. The quantitative estimate of drug-likeness (QED) is 0.126. The number of Topliss-reactive ketones (excluding diaryl/α,β-unsaturated/α-hetero) is 1. The number of nitrogens with zero attached hydrogens (tertiary/aromatic N) is 2. The van der Waals surface area contributed by atoms with Crippen molar-refractivity contribution in [2.75, 3.05) is 40.4 Å². The summed E-state index contributed by atoms with van der Waals surface area (Å²) < 4.78 is 10.6. The van der Waals surface area contributed by atoms with Crippen molar-refractivity contribution < 1.29 is 47.8 Å². The molecule has 1 aliphatic heterocycles. The summed E-state index contributed by atoms with van der Waals surface area (Å²) in [5, 5.41) is 10.4. The fourth-order valence-electron chi connectivity index (χ4n) is 7.79. The molecule has 0 radical (unpaired) electrons. The zero-order valence-electron chi connectivity index (χ0n) is 33.3. The molecule has 1 aromatic carbocycles. The molecular formula is C40H58N6O10. The van der Waals surface area contributed by atoms with Gasteiger partial charge < -0.3 is 40.5 Å². The van der Waals surface area contributed by atoms with Gasteiger partial charge in [0, 0.05) is 26.6 Å². The number of likely N-dealkylation sites (tertiary alicyclic amines) is 1. The number of piperidine rings is 1. The Hall–Kier alpha value is -5.02. The van der Waals surface area contributed by atoms with Gasteiger partial charge in [0.1, 0.15) is 18.1 Å². The topological polar surface area (TPSA) is 210 Å². The van der Waals surface area contributed by atoms with E-state index < -0.39 is 89.9 Å². The molecule has 4 rings (SSSR count). The molecule has 6 amide bonds. The van der Waals surface area contributed by atoms with Gasteiger partial charge in [-0.05, 0) is 49.5 Å². The third-order valence-corrected chi connectivity index (χ3v) is 10.6. The van der Waals surface area contributed by atoms with E-state index in [4.69, 9.17) is 9.47 Å². The monoisotopic (exact) mass is 782 g/mol. The summed E-state index contributed by atoms with van der Waals surface area (Å²) in [6, 6.07) is 4.09. The molecule has 2 aliphatic carbocycles. The molecule has 3 fully saturated rings. The minimum absolute atomic E-state index is 0.0687. The Morgan fingerprint density at radius 2 is 1.57 bits per heavy atom. The van der Waals surface area contributed by atoms with E-state index in [1.165, 1.54) is 9.80 Å². The van der Waals surface area contributed by atoms with Crippen LogP contribution in [-0.4, -0.2) is 116 Å². The van der Waals surface area contributed by atoms with Crippen molar-refractivity contribution in [1.29, 1.82) is 0 Å². The molecule has 0 bridgehead atoms. The summed E-state index contributed by atoms with van der Waals surface area (Å²) in [4.78, 5) is 110. The summed E-state index contributed by atoms with van der Waals surface area (Å²) in [5.74, 6) is -6.61. The van der Waals surface area contributed by atoms with Crippen molar-refractivity contribution in [1.82, 2.24) is 31.1 Å². The molecule has 16 heteroatoms. The molecule has 3 unspecified atom stereocenters. The first-order valence-corrected chi connectivity index (χ1v) is 19.8. The number of ketones is 1. The number of amides is 6. The number of nitrogens with one attached hydrogen (secondary N) is 4. The maximum absolute atomic E-state index is 14.4. The van der Waals surface area contributed by atoms with Crippen LogP contribution in [-0.2, 0) is 43.0 Å². The predicted octanol–water partition coefficient (Wildman–Crippen LogP) is 1.87. The Labute approximate surface area is 328 Å². The van der Waals surface area contributed by atoms with E-state index in [1.807, 2.05) is 13.8 Å². The lowest BCUT2D eigenvalue weighted by Gasteiger charge is -2.36. The van der Waals surface area contributed by atoms with Crippen molar-refractivity contribution in [2.24, 2.45) is 29.6 Å². The van der Waals surface area contributed by atoms with Crippen molar-refractivity contribution in [3.05, 3.63) is 35.9 Å². The highest BCUT2D eigenvalue weighted by molar-refractivity contribution is 6.38. The van der Waals surface area contributed by atoms with Crippen LogP contribution in [0.1, 0.15) is 84.2 Å². The molecule has 3 aliphatic rings. The Kier molecular flexibility index (Phi) is 15.8. The lowest BCUT2D eigenvalue weighted by atomic mass is 9.83. The summed E-state index contributed by atoms with van der Waals surface area (Å²) in [7, 11) is 3.09. The second kappa shape index (κ2) is 20.2. The number of alkyl carbamates (subject to hydrolysis) is 1. The van der Waals surface area contributed by atoms with Crippen LogP contribution in [0, 0.1) is 29.6 Å². The minimum Gasteiger partial charge on any atom is -0.466 e. The fraction of sp³-hybridized carbons (Fsp3) is 0.650. The third kappa shape index (κ3) is 11.1. The smallest absolute Gasteiger partial charge is 0.407 e. The molecular weight excluding hydrogens is 724 g/mol. The first-order chi connectivity index (χ1) is 26.7. The SMILES string of the molecule is CCCC(NC(=O)[C@@H]1[C@@H]2C(CN1C(=O)[C@@H](NC(=O)OCC(C)C)C1CCCCC1)[C@H]2C(=O)OCC)C(=O)C(=O)NCC(=O)NC(C(=O)N(C)C)c1ccccc1. The molecule has 1 saturated heterocycles. The van der Waals surface area contributed by atoms with E-state index in [-0.39, 0.29) is 43.9 Å². The number of carbonyl (C=O) groups excluding carboxylic acids is 8. The number of carbonyl (C=O) groups is 8. The average molecular weight is 783 g/mol. The van der Waals surface area contributed by atoms with Gasteiger partial charge >= 0.3 is 12.1 Å². The van der Waals surface area contributed by atoms with E-state index >= 15 is 0 Å². The van der Waals surface area contributed by atoms with E-state index in [2.05, 4.69) is 21.3 Å². The molecule has 16 nitrogen and oxygen atoms in total. The zero-order valence-corrected chi connectivity index (χ0v) is 33.3. The van der Waals surface area contributed by atoms with Crippen LogP contribution < -0.4 is 21.3 Å². The molecule has 4 N–H and O–H groups in total. The normalized spacial score (nSPS) is 21.7. The number of benzene rings is 1. The fourth-order valence-corrected chi connectivity index (χ4v) is 7.79. The number of fused-ring (bicyclic) bond motifs is 1. The van der Waals surface area contributed by atoms with Gasteiger partial charge in [-0.3, -0.25) is 33.6 Å². The lowest BCUT2D eigenvalue weighted by molar-refractivity contribution is -0.149. The summed E-state index contributed by atoms with van der Waals surface area (Å²) in [5.41, 5.74) is 0.530. The van der Waals surface area contributed by atoms with Crippen molar-refractivity contribution in [2.45, 2.75) is 96.8 Å². The highest BCUT2D eigenvalue weighted by Crippen LogP contribution is 2.56. The van der Waals surface area contributed by atoms with Crippen LogP contribution in [0.25, 0.3) is 0 Å². The maximum Gasteiger partial charge on any atom is 0.407 e. The Morgan fingerprint density at radius 3 is 2.18 bits per heavy atom. The highest BCUT2D eigenvalue weighted by Gasteiger charge is 2.68. The second-order valence-electron chi connectivity index (χ2n) is 15.5. The Morgan fingerprint density at radius 1 is 0.893 bits per heavy atom. The number of ether oxygens (including phenoxy) is 2. The molecule has 1 aromatic rings. The molecule has 2 saturated carbocycles. The maximum atomic E-state index is 14.4. The molecule has 7 atom stereocenters. The molecule has 56 heavy (non-hydrogen) atoms. The van der Waals surface area contributed by atoms with Gasteiger partial charge in [0.05, 0.1) is 31.7 Å². The summed E-state index contributed by atoms with van der Waals surface area (Å²) in [6.07, 6.45) is 3.89. The Balaban J connectivity index is 1.49. The predicted molar refractivity (Wildman–Crippen MR) is 203 cm³/mol. The largest absolute Gasteiger partial charge is 0.466 e. The summed E-state index contributed by atoms with van der Waals surface area (Å²) in [6.45, 7) is 6.98. The van der Waals surface area contributed by atoms with E-state index in [9.17, 15) is 38.4 Å². The van der Waals surface area contributed by atoms with E-state index in [0.717, 1.165) is 19.3 Å². The van der Waals surface area contributed by atoms with E-state index in [1.54, 1.807) is 58.3 Å². The first-order valence-electron chi connectivity index (χ1n) is 19.8. The number of hydrogen-bond donors (Lipinski definition) is 4. The van der Waals surface area contributed by atoms with Crippen molar-refractivity contribution in [3.63, 3.8) is 0 Å². The van der Waals surface area contributed by atoms with Crippen LogP contribution >= 0.6 is 0 Å². The first kappa shape index (κ1) is 43.7. The van der Waals surface area contributed by atoms with Gasteiger partial charge in [-0.25, -0.2) is 4.79 Å². The third-order valence-electron chi connectivity index (χ3n) is 10.6. The Bertz CT molecular complexity index is 1600. The minimum atomic E-state index is -1.31. The van der Waals surface area contributed by atoms with Gasteiger partial charge in [0.25, 0.3) is 5.91 Å². The van der Waals surface area contributed by atoms with Gasteiger partial charge in [0.15, 0.2) is 0 Å². The summed E-state index contributed by atoms with van der Waals surface area (Å²) >= 11 is 0. The molecule has 1 heterocycles.